The second kappa shape index (κ2) is 6.99. The number of nitrogens with one attached hydrogen (secondary N) is 1. The summed E-state index contributed by atoms with van der Waals surface area (Å²) in [7, 11) is 0. The van der Waals surface area contributed by atoms with Crippen molar-refractivity contribution in [3.05, 3.63) is 58.3 Å². The molecule has 21 heavy (non-hydrogen) atoms. The average molecular weight is 299 g/mol. The molecule has 1 aromatic heterocycles. The van der Waals surface area contributed by atoms with E-state index in [0.717, 1.165) is 4.88 Å². The highest BCUT2D eigenvalue weighted by Crippen LogP contribution is 2.18. The van der Waals surface area contributed by atoms with Crippen LogP contribution in [0.5, 0.6) is 0 Å². The van der Waals surface area contributed by atoms with E-state index in [2.05, 4.69) is 5.32 Å². The molecule has 2 aromatic rings. The van der Waals surface area contributed by atoms with Gasteiger partial charge in [0.05, 0.1) is 5.57 Å². The standard InChI is InChI=1S/C17H17NO2S/c1-12(2)16(19)15(11-14-9-6-10-21-14)17(20)18-13-7-4-3-5-8-13/h3-12H,1-2H3,(H,18,20)/b15-11-. The molecule has 0 aliphatic rings. The maximum atomic E-state index is 12.4. The van der Waals surface area contributed by atoms with Crippen molar-refractivity contribution >= 4 is 34.8 Å². The molecular weight excluding hydrogens is 282 g/mol. The number of carbonyl (C=O) groups is 2. The number of hydrogen-bond donors (Lipinski definition) is 1. The maximum absolute atomic E-state index is 12.4. The van der Waals surface area contributed by atoms with Crippen LogP contribution < -0.4 is 5.32 Å². The molecule has 1 amide bonds. The third kappa shape index (κ3) is 4.13. The van der Waals surface area contributed by atoms with Gasteiger partial charge in [-0.05, 0) is 29.7 Å². The molecule has 108 valence electrons. The Morgan fingerprint density at radius 2 is 1.81 bits per heavy atom. The van der Waals surface area contributed by atoms with E-state index >= 15 is 0 Å². The molecule has 0 saturated heterocycles. The van der Waals surface area contributed by atoms with Crippen LogP contribution in [0.25, 0.3) is 6.08 Å². The number of para-hydroxylation sites is 1. The van der Waals surface area contributed by atoms with Crippen molar-refractivity contribution in [1.82, 2.24) is 0 Å². The van der Waals surface area contributed by atoms with E-state index in [0.29, 0.717) is 5.69 Å². The van der Waals surface area contributed by atoms with Crippen LogP contribution in [-0.4, -0.2) is 11.7 Å². The largest absolute Gasteiger partial charge is 0.322 e. The number of benzene rings is 1. The number of hydrogen-bond acceptors (Lipinski definition) is 3. The van der Waals surface area contributed by atoms with Crippen molar-refractivity contribution in [3.8, 4) is 0 Å². The fourth-order valence-electron chi connectivity index (χ4n) is 1.80. The van der Waals surface area contributed by atoms with Crippen LogP contribution in [0, 0.1) is 5.92 Å². The fraction of sp³-hybridized carbons (Fsp3) is 0.176. The molecule has 0 fully saturated rings. The summed E-state index contributed by atoms with van der Waals surface area (Å²) >= 11 is 1.50. The molecule has 0 radical (unpaired) electrons. The lowest BCUT2D eigenvalue weighted by molar-refractivity contribution is -0.121. The van der Waals surface area contributed by atoms with Crippen molar-refractivity contribution in [2.75, 3.05) is 5.32 Å². The van der Waals surface area contributed by atoms with Crippen LogP contribution in [-0.2, 0) is 9.59 Å². The Labute approximate surface area is 128 Å². The van der Waals surface area contributed by atoms with Crippen LogP contribution >= 0.6 is 11.3 Å². The van der Waals surface area contributed by atoms with E-state index in [9.17, 15) is 9.59 Å². The van der Waals surface area contributed by atoms with Gasteiger partial charge >= 0.3 is 0 Å². The van der Waals surface area contributed by atoms with E-state index in [1.54, 1.807) is 32.1 Å². The predicted molar refractivity (Wildman–Crippen MR) is 87.2 cm³/mol. The van der Waals surface area contributed by atoms with E-state index in [1.165, 1.54) is 11.3 Å². The van der Waals surface area contributed by atoms with E-state index < -0.39 is 0 Å². The van der Waals surface area contributed by atoms with Gasteiger partial charge in [-0.3, -0.25) is 9.59 Å². The van der Waals surface area contributed by atoms with Gasteiger partial charge < -0.3 is 5.32 Å². The first kappa shape index (κ1) is 15.2. The third-order valence-corrected chi connectivity index (χ3v) is 3.72. The van der Waals surface area contributed by atoms with Gasteiger partial charge in [0.25, 0.3) is 5.91 Å². The summed E-state index contributed by atoms with van der Waals surface area (Å²) in [6.07, 6.45) is 1.66. The van der Waals surface area contributed by atoms with E-state index in [4.69, 9.17) is 0 Å². The van der Waals surface area contributed by atoms with Gasteiger partial charge in [-0.1, -0.05) is 38.1 Å². The molecule has 0 spiro atoms. The zero-order valence-corrected chi connectivity index (χ0v) is 12.8. The third-order valence-electron chi connectivity index (χ3n) is 2.90. The highest BCUT2D eigenvalue weighted by atomic mass is 32.1. The molecule has 0 aliphatic carbocycles. The normalized spacial score (nSPS) is 11.5. The minimum atomic E-state index is -0.367. The lowest BCUT2D eigenvalue weighted by Gasteiger charge is -2.10. The van der Waals surface area contributed by atoms with Crippen LogP contribution in [0.1, 0.15) is 18.7 Å². The van der Waals surface area contributed by atoms with Gasteiger partial charge in [0.2, 0.25) is 0 Å². The number of anilines is 1. The molecule has 4 heteroatoms. The Morgan fingerprint density at radius 1 is 1.10 bits per heavy atom. The fourth-order valence-corrected chi connectivity index (χ4v) is 2.45. The summed E-state index contributed by atoms with van der Waals surface area (Å²) in [5.74, 6) is -0.747. The SMILES string of the molecule is CC(C)C(=O)/C(=C/c1cccs1)C(=O)Nc1ccccc1. The summed E-state index contributed by atoms with van der Waals surface area (Å²) in [6.45, 7) is 3.58. The van der Waals surface area contributed by atoms with Crippen molar-refractivity contribution in [1.29, 1.82) is 0 Å². The van der Waals surface area contributed by atoms with Gasteiger partial charge in [0.15, 0.2) is 5.78 Å². The number of carbonyl (C=O) groups excluding carboxylic acids is 2. The summed E-state index contributed by atoms with van der Waals surface area (Å²) in [5.41, 5.74) is 0.868. The number of ketones is 1. The first-order valence-corrected chi connectivity index (χ1v) is 7.61. The highest BCUT2D eigenvalue weighted by Gasteiger charge is 2.21. The van der Waals surface area contributed by atoms with E-state index in [-0.39, 0.29) is 23.2 Å². The Bertz CT molecular complexity index is 643. The predicted octanol–water partition coefficient (Wildman–Crippen LogP) is 4.00. The summed E-state index contributed by atoms with van der Waals surface area (Å²) < 4.78 is 0. The Balaban J connectivity index is 2.27. The average Bonchev–Trinajstić information content (AvgIpc) is 2.98. The van der Waals surface area contributed by atoms with Gasteiger partial charge in [-0.15, -0.1) is 11.3 Å². The molecule has 0 aliphatic heterocycles. The smallest absolute Gasteiger partial charge is 0.259 e. The molecule has 0 atom stereocenters. The summed E-state index contributed by atoms with van der Waals surface area (Å²) in [6, 6.07) is 12.9. The second-order valence-electron chi connectivity index (χ2n) is 4.91. The Kier molecular flexibility index (Phi) is 5.06. The monoisotopic (exact) mass is 299 g/mol. The number of amides is 1. The molecule has 3 nitrogen and oxygen atoms in total. The topological polar surface area (TPSA) is 46.2 Å². The molecule has 0 unspecified atom stereocenters. The van der Waals surface area contributed by atoms with Crippen molar-refractivity contribution in [3.63, 3.8) is 0 Å². The minimum absolute atomic E-state index is 0.156. The molecule has 1 heterocycles. The lowest BCUT2D eigenvalue weighted by atomic mass is 9.99. The maximum Gasteiger partial charge on any atom is 0.259 e. The van der Waals surface area contributed by atoms with Crippen LogP contribution in [0.2, 0.25) is 0 Å². The molecule has 0 saturated carbocycles. The number of Topliss-reactive ketones (excluding diaryl/α,β-unsaturated/α-hetero) is 1. The molecule has 1 aromatic carbocycles. The summed E-state index contributed by atoms with van der Waals surface area (Å²) in [5, 5.41) is 4.68. The van der Waals surface area contributed by atoms with Gasteiger partial charge in [-0.25, -0.2) is 0 Å². The first-order valence-electron chi connectivity index (χ1n) is 6.73. The Morgan fingerprint density at radius 3 is 2.38 bits per heavy atom. The second-order valence-corrected chi connectivity index (χ2v) is 5.89. The zero-order chi connectivity index (χ0) is 15.2. The van der Waals surface area contributed by atoms with Crippen molar-refractivity contribution < 1.29 is 9.59 Å². The van der Waals surface area contributed by atoms with Crippen LogP contribution in [0.15, 0.2) is 53.4 Å². The molecular formula is C17H17NO2S. The minimum Gasteiger partial charge on any atom is -0.322 e. The van der Waals surface area contributed by atoms with Gasteiger partial charge in [-0.2, -0.15) is 0 Å². The van der Waals surface area contributed by atoms with Crippen molar-refractivity contribution in [2.24, 2.45) is 5.92 Å². The van der Waals surface area contributed by atoms with Gasteiger partial charge in [0.1, 0.15) is 0 Å². The quantitative estimate of drug-likeness (QED) is 0.515. The molecule has 2 rings (SSSR count). The lowest BCUT2D eigenvalue weighted by Crippen LogP contribution is -2.23. The highest BCUT2D eigenvalue weighted by molar-refractivity contribution is 7.10. The van der Waals surface area contributed by atoms with Crippen LogP contribution in [0.4, 0.5) is 5.69 Å². The first-order chi connectivity index (χ1) is 10.1. The summed E-state index contributed by atoms with van der Waals surface area (Å²) in [4.78, 5) is 25.6. The Hall–Kier alpha value is -2.20. The molecule has 1 N–H and O–H groups in total. The van der Waals surface area contributed by atoms with E-state index in [1.807, 2.05) is 35.7 Å². The van der Waals surface area contributed by atoms with Crippen molar-refractivity contribution in [2.45, 2.75) is 13.8 Å². The van der Waals surface area contributed by atoms with Gasteiger partial charge in [0, 0.05) is 16.5 Å². The number of rotatable bonds is 5. The van der Waals surface area contributed by atoms with Crippen LogP contribution in [0.3, 0.4) is 0 Å². The zero-order valence-electron chi connectivity index (χ0n) is 12.0. The number of thiophene rings is 1. The molecule has 0 bridgehead atoms.